The molecule has 1 fully saturated rings. The topological polar surface area (TPSA) is 41.6 Å². The summed E-state index contributed by atoms with van der Waals surface area (Å²) >= 11 is 0. The lowest BCUT2D eigenvalue weighted by molar-refractivity contribution is -0.128. The zero-order chi connectivity index (χ0) is 21.7. The van der Waals surface area contributed by atoms with Gasteiger partial charge in [0.15, 0.2) is 6.10 Å². The predicted molar refractivity (Wildman–Crippen MR) is 124 cm³/mol. The molecule has 162 valence electrons. The highest BCUT2D eigenvalue weighted by Crippen LogP contribution is 2.25. The van der Waals surface area contributed by atoms with Gasteiger partial charge in [0.1, 0.15) is 5.75 Å². The number of hydrogen-bond donors (Lipinski definition) is 1. The second-order valence-corrected chi connectivity index (χ2v) is 8.70. The molecule has 4 nitrogen and oxygen atoms in total. The van der Waals surface area contributed by atoms with E-state index in [1.807, 2.05) is 32.9 Å². The fraction of sp³-hybridized carbons (Fsp3) is 0.500. The number of hydrogen-bond acceptors (Lipinski definition) is 3. The van der Waals surface area contributed by atoms with Crippen molar-refractivity contribution in [1.29, 1.82) is 0 Å². The minimum Gasteiger partial charge on any atom is -0.480 e. The number of amides is 1. The molecule has 1 aliphatic heterocycles. The standard InChI is InChI=1S/C26H36N2O2/c1-6-24(30-25-9-7-8-19(3)20(25)4)26(29)27-21(5)22-10-12-23(13-11-22)28-16-14-18(2)15-17-28/h7-13,18,21,24H,6,14-17H2,1-5H3,(H,27,29)/t21-,24-/m1/s1. The van der Waals surface area contributed by atoms with E-state index in [9.17, 15) is 4.79 Å². The van der Waals surface area contributed by atoms with E-state index in [1.165, 1.54) is 24.1 Å². The first kappa shape index (κ1) is 22.2. The van der Waals surface area contributed by atoms with Gasteiger partial charge in [-0.05, 0) is 80.8 Å². The number of anilines is 1. The van der Waals surface area contributed by atoms with Crippen LogP contribution in [0.2, 0.25) is 0 Å². The van der Waals surface area contributed by atoms with Crippen LogP contribution < -0.4 is 15.0 Å². The maximum atomic E-state index is 12.9. The monoisotopic (exact) mass is 408 g/mol. The molecule has 1 heterocycles. The van der Waals surface area contributed by atoms with Crippen LogP contribution in [0.25, 0.3) is 0 Å². The number of nitrogens with zero attached hydrogens (tertiary/aromatic N) is 1. The molecular weight excluding hydrogens is 372 g/mol. The Morgan fingerprint density at radius 1 is 1.13 bits per heavy atom. The maximum Gasteiger partial charge on any atom is 0.261 e. The summed E-state index contributed by atoms with van der Waals surface area (Å²) in [6.07, 6.45) is 2.64. The second kappa shape index (κ2) is 10.0. The zero-order valence-electron chi connectivity index (χ0n) is 19.1. The maximum absolute atomic E-state index is 12.9. The quantitative estimate of drug-likeness (QED) is 0.651. The molecule has 2 aromatic rings. The summed E-state index contributed by atoms with van der Waals surface area (Å²) in [6.45, 7) is 12.7. The van der Waals surface area contributed by atoms with Gasteiger partial charge in [-0.2, -0.15) is 0 Å². The van der Waals surface area contributed by atoms with Crippen molar-refractivity contribution < 1.29 is 9.53 Å². The van der Waals surface area contributed by atoms with Crippen molar-refractivity contribution in [3.05, 3.63) is 59.2 Å². The fourth-order valence-corrected chi connectivity index (χ4v) is 3.96. The smallest absolute Gasteiger partial charge is 0.261 e. The van der Waals surface area contributed by atoms with Gasteiger partial charge < -0.3 is 15.0 Å². The number of ether oxygens (including phenoxy) is 1. The Morgan fingerprint density at radius 3 is 2.43 bits per heavy atom. The molecule has 0 unspecified atom stereocenters. The summed E-state index contributed by atoms with van der Waals surface area (Å²) in [4.78, 5) is 15.3. The molecule has 0 aromatic heterocycles. The van der Waals surface area contributed by atoms with E-state index in [2.05, 4.69) is 54.4 Å². The summed E-state index contributed by atoms with van der Waals surface area (Å²) in [7, 11) is 0. The van der Waals surface area contributed by atoms with Crippen LogP contribution in [-0.4, -0.2) is 25.1 Å². The van der Waals surface area contributed by atoms with Crippen molar-refractivity contribution in [2.75, 3.05) is 18.0 Å². The van der Waals surface area contributed by atoms with Gasteiger partial charge in [-0.15, -0.1) is 0 Å². The number of rotatable bonds is 7. The van der Waals surface area contributed by atoms with Crippen molar-refractivity contribution in [3.63, 3.8) is 0 Å². The first-order chi connectivity index (χ1) is 14.4. The van der Waals surface area contributed by atoms with E-state index >= 15 is 0 Å². The third-order valence-corrected chi connectivity index (χ3v) is 6.39. The molecule has 1 amide bonds. The number of piperidine rings is 1. The van der Waals surface area contributed by atoms with Gasteiger partial charge >= 0.3 is 0 Å². The van der Waals surface area contributed by atoms with Crippen LogP contribution in [0.4, 0.5) is 5.69 Å². The molecule has 1 N–H and O–H groups in total. The van der Waals surface area contributed by atoms with Crippen molar-refractivity contribution in [3.8, 4) is 5.75 Å². The molecule has 4 heteroatoms. The van der Waals surface area contributed by atoms with Gasteiger partial charge in [0.2, 0.25) is 0 Å². The SMILES string of the molecule is CC[C@@H](Oc1cccc(C)c1C)C(=O)N[C@H](C)c1ccc(N2CCC(C)CC2)cc1. The fourth-order valence-electron chi connectivity index (χ4n) is 3.96. The first-order valence-electron chi connectivity index (χ1n) is 11.3. The van der Waals surface area contributed by atoms with Crippen LogP contribution in [0, 0.1) is 19.8 Å². The lowest BCUT2D eigenvalue weighted by atomic mass is 9.98. The molecule has 0 spiro atoms. The zero-order valence-corrected chi connectivity index (χ0v) is 19.1. The van der Waals surface area contributed by atoms with Gasteiger partial charge in [-0.25, -0.2) is 0 Å². The molecule has 1 aliphatic rings. The number of benzene rings is 2. The summed E-state index contributed by atoms with van der Waals surface area (Å²) in [5.74, 6) is 1.54. The van der Waals surface area contributed by atoms with Gasteiger partial charge in [0, 0.05) is 18.8 Å². The van der Waals surface area contributed by atoms with Crippen molar-refractivity contribution in [2.24, 2.45) is 5.92 Å². The van der Waals surface area contributed by atoms with E-state index in [4.69, 9.17) is 4.74 Å². The largest absolute Gasteiger partial charge is 0.480 e. The highest BCUT2D eigenvalue weighted by atomic mass is 16.5. The summed E-state index contributed by atoms with van der Waals surface area (Å²) in [5.41, 5.74) is 4.63. The molecule has 2 aromatic carbocycles. The molecule has 1 saturated heterocycles. The molecule has 3 rings (SSSR count). The van der Waals surface area contributed by atoms with Crippen molar-refractivity contribution in [1.82, 2.24) is 5.32 Å². The number of nitrogens with one attached hydrogen (secondary N) is 1. The van der Waals surface area contributed by atoms with Crippen LogP contribution in [0.3, 0.4) is 0 Å². The number of carbonyl (C=O) groups is 1. The van der Waals surface area contributed by atoms with E-state index < -0.39 is 6.10 Å². The minimum atomic E-state index is -0.498. The van der Waals surface area contributed by atoms with Crippen LogP contribution in [-0.2, 0) is 4.79 Å². The summed E-state index contributed by atoms with van der Waals surface area (Å²) < 4.78 is 6.06. The molecule has 0 aliphatic carbocycles. The van der Waals surface area contributed by atoms with E-state index in [1.54, 1.807) is 0 Å². The third-order valence-electron chi connectivity index (χ3n) is 6.39. The lowest BCUT2D eigenvalue weighted by Crippen LogP contribution is -2.39. The van der Waals surface area contributed by atoms with Gasteiger partial charge in [0.05, 0.1) is 6.04 Å². The Labute approximate surface area is 181 Å². The van der Waals surface area contributed by atoms with E-state index in [-0.39, 0.29) is 11.9 Å². The number of aryl methyl sites for hydroxylation is 1. The minimum absolute atomic E-state index is 0.0656. The Bertz CT molecular complexity index is 839. The van der Waals surface area contributed by atoms with Crippen LogP contribution >= 0.6 is 0 Å². The Hall–Kier alpha value is -2.49. The van der Waals surface area contributed by atoms with Crippen LogP contribution in [0.1, 0.15) is 62.8 Å². The molecule has 30 heavy (non-hydrogen) atoms. The Balaban J connectivity index is 1.60. The second-order valence-electron chi connectivity index (χ2n) is 8.70. The summed E-state index contributed by atoms with van der Waals surface area (Å²) in [6, 6.07) is 14.5. The Morgan fingerprint density at radius 2 is 1.80 bits per heavy atom. The highest BCUT2D eigenvalue weighted by Gasteiger charge is 2.22. The molecule has 0 bridgehead atoms. The third kappa shape index (κ3) is 5.35. The normalized spacial score (nSPS) is 16.8. The van der Waals surface area contributed by atoms with E-state index in [0.717, 1.165) is 35.9 Å². The predicted octanol–water partition coefficient (Wildman–Crippen LogP) is 5.57. The van der Waals surface area contributed by atoms with Gasteiger partial charge in [-0.3, -0.25) is 4.79 Å². The van der Waals surface area contributed by atoms with Crippen molar-refractivity contribution in [2.45, 2.75) is 66.0 Å². The average Bonchev–Trinajstić information content (AvgIpc) is 2.75. The van der Waals surface area contributed by atoms with Crippen LogP contribution in [0.15, 0.2) is 42.5 Å². The lowest BCUT2D eigenvalue weighted by Gasteiger charge is -2.32. The highest BCUT2D eigenvalue weighted by molar-refractivity contribution is 5.81. The number of carbonyl (C=O) groups excluding carboxylic acids is 1. The molecule has 2 atom stereocenters. The average molecular weight is 409 g/mol. The first-order valence-corrected chi connectivity index (χ1v) is 11.3. The van der Waals surface area contributed by atoms with Crippen molar-refractivity contribution >= 4 is 11.6 Å². The van der Waals surface area contributed by atoms with Gasteiger partial charge in [-0.1, -0.05) is 38.1 Å². The van der Waals surface area contributed by atoms with E-state index in [0.29, 0.717) is 6.42 Å². The molecular formula is C26H36N2O2. The Kier molecular flexibility index (Phi) is 7.41. The molecule has 0 radical (unpaired) electrons. The van der Waals surface area contributed by atoms with Crippen LogP contribution in [0.5, 0.6) is 5.75 Å². The summed E-state index contributed by atoms with van der Waals surface area (Å²) in [5, 5.41) is 3.13. The molecule has 0 saturated carbocycles. The van der Waals surface area contributed by atoms with Gasteiger partial charge in [0.25, 0.3) is 5.91 Å².